The van der Waals surface area contributed by atoms with E-state index in [1.165, 1.54) is 10.4 Å². The molecule has 0 spiro atoms. The molecule has 0 bridgehead atoms. The van der Waals surface area contributed by atoms with Crippen LogP contribution in [0.25, 0.3) is 21.1 Å². The lowest BCUT2D eigenvalue weighted by atomic mass is 9.87. The van der Waals surface area contributed by atoms with Crippen molar-refractivity contribution in [2.45, 2.75) is 52.2 Å². The summed E-state index contributed by atoms with van der Waals surface area (Å²) < 4.78 is 11.4. The van der Waals surface area contributed by atoms with E-state index in [0.717, 1.165) is 39.6 Å². The van der Waals surface area contributed by atoms with Crippen LogP contribution in [0.4, 0.5) is 16.3 Å². The minimum atomic E-state index is -0.483. The van der Waals surface area contributed by atoms with Gasteiger partial charge in [-0.15, -0.1) is 11.3 Å². The molecule has 3 N–H and O–H groups in total. The number of benzene rings is 1. The number of nitrogens with one attached hydrogen (secondary N) is 3. The van der Waals surface area contributed by atoms with Crippen LogP contribution < -0.4 is 15.4 Å². The van der Waals surface area contributed by atoms with Crippen LogP contribution in [0.15, 0.2) is 24.7 Å². The SMILES string of the molecule is CC(C)OC(=O)NCC(C)Oc1cc2[nH]ncc2cc1Nc1ncnc2sc3c(c12)CCC(C(=O)N(C)C)C3. The molecule has 11 nitrogen and oxygen atoms in total. The van der Waals surface area contributed by atoms with Crippen molar-refractivity contribution in [1.29, 1.82) is 0 Å². The van der Waals surface area contributed by atoms with Gasteiger partial charge in [-0.1, -0.05) is 0 Å². The van der Waals surface area contributed by atoms with Crippen LogP contribution in [0.5, 0.6) is 5.75 Å². The van der Waals surface area contributed by atoms with Crippen LogP contribution in [0, 0.1) is 5.92 Å². The number of fused-ring (bicyclic) bond motifs is 4. The molecule has 0 saturated heterocycles. The fourth-order valence-corrected chi connectivity index (χ4v) is 6.08. The Bertz CT molecular complexity index is 1510. The summed E-state index contributed by atoms with van der Waals surface area (Å²) in [6.07, 6.45) is 4.58. The normalized spacial score (nSPS) is 15.7. The van der Waals surface area contributed by atoms with Gasteiger partial charge in [-0.05, 0) is 51.7 Å². The van der Waals surface area contributed by atoms with Crippen molar-refractivity contribution in [3.8, 4) is 5.75 Å². The van der Waals surface area contributed by atoms with Crippen LogP contribution >= 0.6 is 11.3 Å². The number of hydrogen-bond donors (Lipinski definition) is 3. The number of carbonyl (C=O) groups is 2. The number of aromatic nitrogens is 4. The van der Waals surface area contributed by atoms with E-state index in [9.17, 15) is 9.59 Å². The Morgan fingerprint density at radius 3 is 2.82 bits per heavy atom. The largest absolute Gasteiger partial charge is 0.487 e. The van der Waals surface area contributed by atoms with Crippen LogP contribution in [-0.4, -0.2) is 69.9 Å². The number of H-pyrrole nitrogens is 1. The van der Waals surface area contributed by atoms with Crippen LogP contribution in [0.2, 0.25) is 0 Å². The van der Waals surface area contributed by atoms with E-state index < -0.39 is 6.09 Å². The highest BCUT2D eigenvalue weighted by molar-refractivity contribution is 7.19. The second kappa shape index (κ2) is 11.0. The van der Waals surface area contributed by atoms with Gasteiger partial charge in [-0.2, -0.15) is 5.10 Å². The zero-order valence-electron chi connectivity index (χ0n) is 22.7. The first kappa shape index (κ1) is 26.7. The van der Waals surface area contributed by atoms with E-state index in [2.05, 4.69) is 30.8 Å². The molecule has 2 unspecified atom stereocenters. The summed E-state index contributed by atoms with van der Waals surface area (Å²) in [6.45, 7) is 5.75. The Hall–Kier alpha value is -3.93. The van der Waals surface area contributed by atoms with Gasteiger partial charge in [0.15, 0.2) is 0 Å². The van der Waals surface area contributed by atoms with Gasteiger partial charge >= 0.3 is 6.09 Å². The Morgan fingerprint density at radius 1 is 1.23 bits per heavy atom. The van der Waals surface area contributed by atoms with Crippen molar-refractivity contribution >= 4 is 56.0 Å². The number of amides is 2. The highest BCUT2D eigenvalue weighted by Gasteiger charge is 2.30. The molecule has 0 saturated carbocycles. The van der Waals surface area contributed by atoms with Crippen LogP contribution in [-0.2, 0) is 22.4 Å². The average molecular weight is 552 g/mol. The van der Waals surface area contributed by atoms with Crippen molar-refractivity contribution in [2.24, 2.45) is 5.92 Å². The highest BCUT2D eigenvalue weighted by Crippen LogP contribution is 2.42. The predicted octanol–water partition coefficient (Wildman–Crippen LogP) is 4.41. The fraction of sp³-hybridized carbons (Fsp3) is 0.444. The number of aryl methyl sites for hydroxylation is 1. The number of carbonyl (C=O) groups excluding carboxylic acids is 2. The number of ether oxygens (including phenoxy) is 2. The Balaban J connectivity index is 1.42. The molecular weight excluding hydrogens is 518 g/mol. The maximum atomic E-state index is 12.6. The number of anilines is 2. The smallest absolute Gasteiger partial charge is 0.407 e. The van der Waals surface area contributed by atoms with Crippen LogP contribution in [0.1, 0.15) is 37.6 Å². The third-order valence-corrected chi connectivity index (χ3v) is 7.80. The summed E-state index contributed by atoms with van der Waals surface area (Å²) in [5.74, 6) is 1.43. The maximum absolute atomic E-state index is 12.6. The molecule has 4 aromatic rings. The van der Waals surface area contributed by atoms with E-state index in [1.54, 1.807) is 56.7 Å². The summed E-state index contributed by atoms with van der Waals surface area (Å²) in [5.41, 5.74) is 2.75. The molecule has 0 radical (unpaired) electrons. The van der Waals surface area contributed by atoms with E-state index >= 15 is 0 Å². The first-order chi connectivity index (χ1) is 18.7. The summed E-state index contributed by atoms with van der Waals surface area (Å²) in [6, 6.07) is 3.84. The standard InChI is InChI=1S/C27H33N7O4S/c1-14(2)37-27(36)28-11-15(3)38-21-10-19-17(12-31-33-19)8-20(21)32-24-23-18-7-6-16(26(35)34(4)5)9-22(18)39-25(23)30-13-29-24/h8,10,12-16H,6-7,9,11H2,1-5H3,(H,28,36)(H,31,33)(H,29,30,32). The van der Waals surface area contributed by atoms with Gasteiger partial charge in [-0.3, -0.25) is 9.89 Å². The topological polar surface area (TPSA) is 134 Å². The summed E-state index contributed by atoms with van der Waals surface area (Å²) in [4.78, 5) is 37.4. The third kappa shape index (κ3) is 5.75. The number of thiophene rings is 1. The molecule has 3 aromatic heterocycles. The Kier molecular flexibility index (Phi) is 7.56. The maximum Gasteiger partial charge on any atom is 0.407 e. The monoisotopic (exact) mass is 551 g/mol. The fourth-order valence-electron chi connectivity index (χ4n) is 4.82. The molecule has 0 aliphatic heterocycles. The lowest BCUT2D eigenvalue weighted by Crippen LogP contribution is -2.35. The molecule has 5 rings (SSSR count). The van der Waals surface area contributed by atoms with Crippen molar-refractivity contribution in [2.75, 3.05) is 26.0 Å². The van der Waals surface area contributed by atoms with E-state index in [-0.39, 0.29) is 30.6 Å². The second-order valence-corrected chi connectivity index (χ2v) is 11.4. The van der Waals surface area contributed by atoms with E-state index in [4.69, 9.17) is 9.47 Å². The van der Waals surface area contributed by atoms with Gasteiger partial charge in [0.2, 0.25) is 5.91 Å². The summed E-state index contributed by atoms with van der Waals surface area (Å²) in [7, 11) is 3.61. The van der Waals surface area contributed by atoms with Crippen molar-refractivity contribution < 1.29 is 19.1 Å². The van der Waals surface area contributed by atoms with Gasteiger partial charge in [0.05, 0.1) is 35.4 Å². The first-order valence-corrected chi connectivity index (χ1v) is 13.8. The molecular formula is C27H33N7O4S. The minimum absolute atomic E-state index is 0.0126. The zero-order valence-corrected chi connectivity index (χ0v) is 23.5. The predicted molar refractivity (Wildman–Crippen MR) is 151 cm³/mol. The average Bonchev–Trinajstić information content (AvgIpc) is 3.50. The van der Waals surface area contributed by atoms with Crippen molar-refractivity contribution in [3.63, 3.8) is 0 Å². The molecule has 2 amide bonds. The Labute approximate surface area is 230 Å². The molecule has 0 fully saturated rings. The molecule has 206 valence electrons. The van der Waals surface area contributed by atoms with Crippen molar-refractivity contribution in [1.82, 2.24) is 30.4 Å². The van der Waals surface area contributed by atoms with Gasteiger partial charge in [0.25, 0.3) is 0 Å². The quantitative estimate of drug-likeness (QED) is 0.293. The van der Waals surface area contributed by atoms with Crippen LogP contribution in [0.3, 0.4) is 0 Å². The zero-order chi connectivity index (χ0) is 27.7. The van der Waals surface area contributed by atoms with Crippen molar-refractivity contribution in [3.05, 3.63) is 35.1 Å². The number of hydrogen-bond acceptors (Lipinski definition) is 9. The minimum Gasteiger partial charge on any atom is -0.487 e. The molecule has 39 heavy (non-hydrogen) atoms. The molecule has 1 aromatic carbocycles. The molecule has 12 heteroatoms. The molecule has 3 heterocycles. The van der Waals surface area contributed by atoms with Gasteiger partial charge in [0.1, 0.15) is 28.8 Å². The van der Waals surface area contributed by atoms with Gasteiger partial charge in [-0.25, -0.2) is 14.8 Å². The number of aromatic amines is 1. The van der Waals surface area contributed by atoms with Gasteiger partial charge in [0, 0.05) is 36.3 Å². The van der Waals surface area contributed by atoms with Gasteiger partial charge < -0.3 is 25.0 Å². The van der Waals surface area contributed by atoms with E-state index in [1.807, 2.05) is 19.1 Å². The lowest BCUT2D eigenvalue weighted by molar-refractivity contribution is -0.133. The number of alkyl carbamates (subject to hydrolysis) is 1. The summed E-state index contributed by atoms with van der Waals surface area (Å²) in [5, 5.41) is 15.3. The second-order valence-electron chi connectivity index (χ2n) is 10.3. The number of nitrogens with zero attached hydrogens (tertiary/aromatic N) is 4. The highest BCUT2D eigenvalue weighted by atomic mass is 32.1. The Morgan fingerprint density at radius 2 is 2.05 bits per heavy atom. The molecule has 2 atom stereocenters. The lowest BCUT2D eigenvalue weighted by Gasteiger charge is -2.24. The third-order valence-electron chi connectivity index (χ3n) is 6.63. The molecule has 1 aliphatic rings. The molecule has 1 aliphatic carbocycles. The number of rotatable bonds is 8. The summed E-state index contributed by atoms with van der Waals surface area (Å²) >= 11 is 1.63. The first-order valence-electron chi connectivity index (χ1n) is 13.0. The van der Waals surface area contributed by atoms with E-state index in [0.29, 0.717) is 18.0 Å².